The molecule has 31 heavy (non-hydrogen) atoms. The fourth-order valence-corrected chi connectivity index (χ4v) is 3.81. The smallest absolute Gasteiger partial charge is 0.407 e. The minimum absolute atomic E-state index is 0.00320. The first kappa shape index (κ1) is 22.3. The van der Waals surface area contributed by atoms with E-state index in [1.807, 2.05) is 25.1 Å². The van der Waals surface area contributed by atoms with E-state index >= 15 is 0 Å². The normalized spacial score (nSPS) is 18.3. The largest absolute Gasteiger partial charge is 0.465 e. The lowest BCUT2D eigenvalue weighted by atomic mass is 9.85. The Morgan fingerprint density at radius 3 is 2.45 bits per heavy atom. The standard InChI is InChI=1S/C21H28N6O4/c1-25(2)19-11-12-22-20(24-19)23-17-7-3-15(4-8-17)13-26(21(28)29)14-16-5-9-18(10-6-16)27(30)31/h5-6,9-12,15,17H,3-4,7-8,13-14H2,1-2H3,(H,28,29)(H,22,23,24). The van der Waals surface area contributed by atoms with Gasteiger partial charge in [0.05, 0.1) is 4.92 Å². The van der Waals surface area contributed by atoms with Gasteiger partial charge in [0.1, 0.15) is 5.82 Å². The predicted molar refractivity (Wildman–Crippen MR) is 117 cm³/mol. The van der Waals surface area contributed by atoms with Crippen LogP contribution in [0.4, 0.5) is 22.2 Å². The molecule has 10 heteroatoms. The van der Waals surface area contributed by atoms with Crippen molar-refractivity contribution in [2.45, 2.75) is 38.3 Å². The number of amides is 1. The van der Waals surface area contributed by atoms with Crippen LogP contribution in [0.3, 0.4) is 0 Å². The highest BCUT2D eigenvalue weighted by Crippen LogP contribution is 2.27. The van der Waals surface area contributed by atoms with Crippen molar-refractivity contribution in [3.8, 4) is 0 Å². The Morgan fingerprint density at radius 1 is 1.19 bits per heavy atom. The first-order chi connectivity index (χ1) is 14.8. The number of carbonyl (C=O) groups is 1. The first-order valence-corrected chi connectivity index (χ1v) is 10.3. The van der Waals surface area contributed by atoms with Crippen LogP contribution in [0.15, 0.2) is 36.5 Å². The Bertz CT molecular complexity index is 897. The zero-order valence-corrected chi connectivity index (χ0v) is 17.8. The Labute approximate surface area is 181 Å². The summed E-state index contributed by atoms with van der Waals surface area (Å²) in [6, 6.07) is 8.14. The van der Waals surface area contributed by atoms with E-state index in [2.05, 4.69) is 15.3 Å². The number of benzene rings is 1. The summed E-state index contributed by atoms with van der Waals surface area (Å²) in [5.74, 6) is 1.73. The molecule has 0 bridgehead atoms. The highest BCUT2D eigenvalue weighted by Gasteiger charge is 2.25. The van der Waals surface area contributed by atoms with E-state index in [1.54, 1.807) is 18.3 Å². The van der Waals surface area contributed by atoms with Crippen molar-refractivity contribution in [3.05, 3.63) is 52.2 Å². The van der Waals surface area contributed by atoms with E-state index in [0.717, 1.165) is 37.1 Å². The molecule has 1 aromatic carbocycles. The van der Waals surface area contributed by atoms with Crippen molar-refractivity contribution >= 4 is 23.5 Å². The van der Waals surface area contributed by atoms with Crippen LogP contribution >= 0.6 is 0 Å². The molecule has 3 rings (SSSR count). The predicted octanol–water partition coefficient (Wildman–Crippen LogP) is 3.60. The van der Waals surface area contributed by atoms with Crippen molar-refractivity contribution < 1.29 is 14.8 Å². The Kier molecular flexibility index (Phi) is 7.22. The van der Waals surface area contributed by atoms with Gasteiger partial charge in [0.25, 0.3) is 5.69 Å². The third kappa shape index (κ3) is 6.27. The van der Waals surface area contributed by atoms with Gasteiger partial charge in [-0.3, -0.25) is 10.1 Å². The second kappa shape index (κ2) is 10.1. The molecule has 1 amide bonds. The molecule has 0 saturated heterocycles. The van der Waals surface area contributed by atoms with Crippen molar-refractivity contribution in [1.29, 1.82) is 0 Å². The molecular formula is C21H28N6O4. The van der Waals surface area contributed by atoms with Gasteiger partial charge in [-0.15, -0.1) is 0 Å². The minimum Gasteiger partial charge on any atom is -0.465 e. The van der Waals surface area contributed by atoms with Gasteiger partial charge in [-0.1, -0.05) is 12.1 Å². The van der Waals surface area contributed by atoms with E-state index in [4.69, 9.17) is 0 Å². The van der Waals surface area contributed by atoms with Gasteiger partial charge in [-0.2, -0.15) is 4.98 Å². The second-order valence-corrected chi connectivity index (χ2v) is 8.08. The lowest BCUT2D eigenvalue weighted by molar-refractivity contribution is -0.384. The summed E-state index contributed by atoms with van der Waals surface area (Å²) in [4.78, 5) is 34.2. The third-order valence-corrected chi connectivity index (χ3v) is 5.55. The van der Waals surface area contributed by atoms with Gasteiger partial charge in [0.15, 0.2) is 0 Å². The summed E-state index contributed by atoms with van der Waals surface area (Å²) >= 11 is 0. The fraction of sp³-hybridized carbons (Fsp3) is 0.476. The maximum Gasteiger partial charge on any atom is 0.407 e. The average molecular weight is 428 g/mol. The molecule has 0 radical (unpaired) electrons. The molecule has 0 unspecified atom stereocenters. The third-order valence-electron chi connectivity index (χ3n) is 5.55. The molecule has 1 heterocycles. The van der Waals surface area contributed by atoms with Crippen LogP contribution in [0.2, 0.25) is 0 Å². The van der Waals surface area contributed by atoms with Crippen molar-refractivity contribution in [2.75, 3.05) is 30.9 Å². The van der Waals surface area contributed by atoms with Gasteiger partial charge in [0, 0.05) is 51.6 Å². The molecule has 1 saturated carbocycles. The molecular weight excluding hydrogens is 400 g/mol. The van der Waals surface area contributed by atoms with Crippen LogP contribution < -0.4 is 10.2 Å². The lowest BCUT2D eigenvalue weighted by Gasteiger charge is -2.32. The maximum atomic E-state index is 11.7. The van der Waals surface area contributed by atoms with Crippen LogP contribution in [-0.2, 0) is 6.54 Å². The molecule has 10 nitrogen and oxygen atoms in total. The van der Waals surface area contributed by atoms with Crippen LogP contribution in [0.5, 0.6) is 0 Å². The number of rotatable bonds is 8. The highest BCUT2D eigenvalue weighted by molar-refractivity contribution is 5.65. The number of hydrogen-bond donors (Lipinski definition) is 2. The molecule has 166 valence electrons. The van der Waals surface area contributed by atoms with Crippen molar-refractivity contribution in [3.63, 3.8) is 0 Å². The number of carboxylic acid groups (broad SMARTS) is 1. The molecule has 0 spiro atoms. The molecule has 2 N–H and O–H groups in total. The summed E-state index contributed by atoms with van der Waals surface area (Å²) in [7, 11) is 3.87. The van der Waals surface area contributed by atoms with E-state index in [-0.39, 0.29) is 24.2 Å². The number of anilines is 2. The summed E-state index contributed by atoms with van der Waals surface area (Å²) < 4.78 is 0. The molecule has 0 atom stereocenters. The number of aromatic nitrogens is 2. The summed E-state index contributed by atoms with van der Waals surface area (Å²) in [5, 5.41) is 23.8. The summed E-state index contributed by atoms with van der Waals surface area (Å²) in [6.07, 6.45) is 4.42. The quantitative estimate of drug-likeness (QED) is 0.483. The molecule has 2 aromatic rings. The first-order valence-electron chi connectivity index (χ1n) is 10.3. The van der Waals surface area contributed by atoms with Crippen molar-refractivity contribution in [2.24, 2.45) is 5.92 Å². The monoisotopic (exact) mass is 428 g/mol. The Hall–Kier alpha value is -3.43. The Balaban J connectivity index is 1.51. The average Bonchev–Trinajstić information content (AvgIpc) is 2.75. The SMILES string of the molecule is CN(C)c1ccnc(NC2CCC(CN(Cc3ccc([N+](=O)[O-])cc3)C(=O)O)CC2)n1. The molecule has 1 fully saturated rings. The minimum atomic E-state index is -0.979. The number of non-ortho nitro benzene ring substituents is 1. The van der Waals surface area contributed by atoms with Gasteiger partial charge in [0.2, 0.25) is 5.95 Å². The number of nitrogens with zero attached hydrogens (tertiary/aromatic N) is 5. The van der Waals surface area contributed by atoms with Gasteiger partial charge in [-0.05, 0) is 43.2 Å². The molecule has 1 aliphatic carbocycles. The summed E-state index contributed by atoms with van der Waals surface area (Å²) in [5.41, 5.74) is 0.734. The van der Waals surface area contributed by atoms with Gasteiger partial charge in [-0.25, -0.2) is 9.78 Å². The zero-order valence-electron chi connectivity index (χ0n) is 17.8. The van der Waals surface area contributed by atoms with E-state index in [0.29, 0.717) is 12.5 Å². The van der Waals surface area contributed by atoms with Crippen LogP contribution in [0.25, 0.3) is 0 Å². The lowest BCUT2D eigenvalue weighted by Crippen LogP contribution is -2.36. The second-order valence-electron chi connectivity index (χ2n) is 8.08. The number of nitrogens with one attached hydrogen (secondary N) is 1. The number of nitro groups is 1. The highest BCUT2D eigenvalue weighted by atomic mass is 16.6. The molecule has 1 aliphatic rings. The van der Waals surface area contributed by atoms with Crippen LogP contribution in [0, 0.1) is 16.0 Å². The summed E-state index contributed by atoms with van der Waals surface area (Å²) in [6.45, 7) is 0.669. The number of nitro benzene ring substituents is 1. The topological polar surface area (TPSA) is 125 Å². The van der Waals surface area contributed by atoms with Crippen molar-refractivity contribution in [1.82, 2.24) is 14.9 Å². The zero-order chi connectivity index (χ0) is 22.4. The molecule has 0 aliphatic heterocycles. The van der Waals surface area contributed by atoms with E-state index in [1.165, 1.54) is 17.0 Å². The van der Waals surface area contributed by atoms with Gasteiger partial charge < -0.3 is 20.2 Å². The van der Waals surface area contributed by atoms with E-state index in [9.17, 15) is 20.0 Å². The Morgan fingerprint density at radius 2 is 1.87 bits per heavy atom. The fourth-order valence-electron chi connectivity index (χ4n) is 3.81. The van der Waals surface area contributed by atoms with E-state index < -0.39 is 11.0 Å². The maximum absolute atomic E-state index is 11.7. The van der Waals surface area contributed by atoms with Crippen LogP contribution in [-0.4, -0.2) is 57.7 Å². The van der Waals surface area contributed by atoms with Gasteiger partial charge >= 0.3 is 6.09 Å². The van der Waals surface area contributed by atoms with Crippen LogP contribution in [0.1, 0.15) is 31.2 Å². The molecule has 1 aromatic heterocycles. The number of hydrogen-bond acceptors (Lipinski definition) is 7.